The fourth-order valence-corrected chi connectivity index (χ4v) is 2.59. The lowest BCUT2D eigenvalue weighted by Crippen LogP contribution is -2.14. The van der Waals surface area contributed by atoms with Crippen molar-refractivity contribution in [2.45, 2.75) is 34.2 Å². The average Bonchev–Trinajstić information content (AvgIpc) is 3.27. The van der Waals surface area contributed by atoms with Gasteiger partial charge in [-0.25, -0.2) is 9.36 Å². The van der Waals surface area contributed by atoms with Crippen LogP contribution in [0.3, 0.4) is 0 Å². The van der Waals surface area contributed by atoms with E-state index in [0.717, 1.165) is 16.9 Å². The Bertz CT molecular complexity index is 895. The van der Waals surface area contributed by atoms with Crippen LogP contribution in [0.4, 0.5) is 5.69 Å². The molecule has 27 heavy (non-hydrogen) atoms. The number of aryl methyl sites for hydroxylation is 2. The zero-order valence-corrected chi connectivity index (χ0v) is 15.7. The molecule has 0 aliphatic rings. The van der Waals surface area contributed by atoms with E-state index in [-0.39, 0.29) is 12.6 Å². The quantitative estimate of drug-likeness (QED) is 0.660. The van der Waals surface area contributed by atoms with E-state index >= 15 is 0 Å². The highest BCUT2D eigenvalue weighted by Gasteiger charge is 2.11. The average molecular weight is 369 g/mol. The van der Waals surface area contributed by atoms with Gasteiger partial charge in [-0.1, -0.05) is 6.07 Å². The van der Waals surface area contributed by atoms with Gasteiger partial charge in [0.1, 0.15) is 12.5 Å². The van der Waals surface area contributed by atoms with Gasteiger partial charge in [-0.05, 0) is 50.1 Å². The first-order valence-corrected chi connectivity index (χ1v) is 8.69. The Kier molecular flexibility index (Phi) is 5.87. The molecule has 0 radical (unpaired) electrons. The summed E-state index contributed by atoms with van der Waals surface area (Å²) in [5.41, 5.74) is 3.16. The number of benzene rings is 1. The van der Waals surface area contributed by atoms with Gasteiger partial charge in [0.15, 0.2) is 12.4 Å². The van der Waals surface area contributed by atoms with Crippen LogP contribution in [-0.2, 0) is 18.2 Å². The molecule has 0 saturated heterocycles. The molecule has 0 bridgehead atoms. The number of carbonyl (C=O) groups excluding carboxylic acids is 1. The molecule has 0 atom stereocenters. The maximum atomic E-state index is 12.3. The topological polar surface area (TPSA) is 83.2 Å². The van der Waals surface area contributed by atoms with Crippen molar-refractivity contribution in [3.63, 3.8) is 0 Å². The first-order valence-electron chi connectivity index (χ1n) is 8.69. The molecule has 0 aliphatic heterocycles. The number of hydrogen-bond donors (Lipinski definition) is 1. The van der Waals surface area contributed by atoms with Crippen LogP contribution in [0, 0.1) is 13.8 Å². The Labute approximate surface area is 157 Å². The van der Waals surface area contributed by atoms with Gasteiger partial charge < -0.3 is 14.8 Å². The third-order valence-electron chi connectivity index (χ3n) is 3.75. The lowest BCUT2D eigenvalue weighted by atomic mass is 10.1. The number of ether oxygens (including phenoxy) is 2. The van der Waals surface area contributed by atoms with Gasteiger partial charge in [-0.2, -0.15) is 10.2 Å². The van der Waals surface area contributed by atoms with Crippen LogP contribution in [0.25, 0.3) is 0 Å². The van der Waals surface area contributed by atoms with E-state index in [1.54, 1.807) is 34.0 Å². The number of amides is 1. The molecule has 2 heterocycles. The molecule has 3 aromatic rings. The van der Waals surface area contributed by atoms with Gasteiger partial charge in [-0.15, -0.1) is 0 Å². The molecule has 8 nitrogen and oxygen atoms in total. The van der Waals surface area contributed by atoms with Crippen molar-refractivity contribution in [3.8, 4) is 5.75 Å². The minimum absolute atomic E-state index is 0.225. The van der Waals surface area contributed by atoms with Crippen molar-refractivity contribution in [1.82, 2.24) is 19.6 Å². The predicted molar refractivity (Wildman–Crippen MR) is 101 cm³/mol. The summed E-state index contributed by atoms with van der Waals surface area (Å²) in [6.45, 7) is 7.12. The number of nitrogens with one attached hydrogen (secondary N) is 1. The van der Waals surface area contributed by atoms with Crippen molar-refractivity contribution in [1.29, 1.82) is 0 Å². The predicted octanol–water partition coefficient (Wildman–Crippen LogP) is 2.98. The fourth-order valence-electron chi connectivity index (χ4n) is 2.59. The molecule has 0 aliphatic carbocycles. The molecular formula is C19H23N5O3. The lowest BCUT2D eigenvalue weighted by Gasteiger charge is -2.08. The van der Waals surface area contributed by atoms with Crippen LogP contribution < -0.4 is 10.1 Å². The molecule has 142 valence electrons. The van der Waals surface area contributed by atoms with Gasteiger partial charge in [0.2, 0.25) is 0 Å². The molecule has 0 fully saturated rings. The summed E-state index contributed by atoms with van der Waals surface area (Å²) < 4.78 is 14.2. The summed E-state index contributed by atoms with van der Waals surface area (Å²) in [6, 6.07) is 7.65. The first-order chi connectivity index (χ1) is 13.0. The molecule has 8 heteroatoms. The minimum atomic E-state index is -0.309. The second-order valence-electron chi connectivity index (χ2n) is 6.18. The van der Waals surface area contributed by atoms with Crippen LogP contribution in [-0.4, -0.2) is 32.1 Å². The monoisotopic (exact) mass is 369 g/mol. The summed E-state index contributed by atoms with van der Waals surface area (Å²) in [6.07, 6.45) is 4.97. The molecule has 3 rings (SSSR count). The van der Waals surface area contributed by atoms with Crippen molar-refractivity contribution in [3.05, 3.63) is 59.7 Å². The second kappa shape index (κ2) is 8.50. The third-order valence-corrected chi connectivity index (χ3v) is 3.75. The minimum Gasteiger partial charge on any atom is -0.471 e. The van der Waals surface area contributed by atoms with Gasteiger partial charge in [0, 0.05) is 12.8 Å². The van der Waals surface area contributed by atoms with E-state index in [1.165, 1.54) is 0 Å². The Hall–Kier alpha value is -3.13. The van der Waals surface area contributed by atoms with Gasteiger partial charge >= 0.3 is 0 Å². The Morgan fingerprint density at radius 3 is 2.67 bits per heavy atom. The lowest BCUT2D eigenvalue weighted by molar-refractivity contribution is 0.0792. The SMILES string of the molecule is CCOCn1cc(NC(=O)c2ccn(COc3cc(C)cc(C)c3)n2)cn1. The van der Waals surface area contributed by atoms with Gasteiger partial charge in [0.05, 0.1) is 18.1 Å². The van der Waals surface area contributed by atoms with Crippen molar-refractivity contribution in [2.75, 3.05) is 11.9 Å². The molecule has 1 N–H and O–H groups in total. The maximum Gasteiger partial charge on any atom is 0.276 e. The zero-order valence-electron chi connectivity index (χ0n) is 15.7. The Balaban J connectivity index is 1.56. The van der Waals surface area contributed by atoms with E-state index in [2.05, 4.69) is 21.6 Å². The van der Waals surface area contributed by atoms with E-state index in [1.807, 2.05) is 32.9 Å². The van der Waals surface area contributed by atoms with E-state index in [0.29, 0.717) is 24.7 Å². The molecule has 0 saturated carbocycles. The highest BCUT2D eigenvalue weighted by Crippen LogP contribution is 2.16. The molecule has 0 unspecified atom stereocenters. The molecule has 1 amide bonds. The summed E-state index contributed by atoms with van der Waals surface area (Å²) >= 11 is 0. The van der Waals surface area contributed by atoms with E-state index < -0.39 is 0 Å². The maximum absolute atomic E-state index is 12.3. The van der Waals surface area contributed by atoms with Gasteiger partial charge in [-0.3, -0.25) is 4.79 Å². The summed E-state index contributed by atoms with van der Waals surface area (Å²) in [5.74, 6) is 0.465. The second-order valence-corrected chi connectivity index (χ2v) is 6.18. The number of anilines is 1. The smallest absolute Gasteiger partial charge is 0.276 e. The Morgan fingerprint density at radius 1 is 1.15 bits per heavy atom. The van der Waals surface area contributed by atoms with Crippen LogP contribution >= 0.6 is 0 Å². The first kappa shape index (κ1) is 18.7. The molecular weight excluding hydrogens is 346 g/mol. The number of aromatic nitrogens is 4. The summed E-state index contributed by atoms with van der Waals surface area (Å²) in [7, 11) is 0. The zero-order chi connectivity index (χ0) is 19.2. The van der Waals surface area contributed by atoms with Crippen LogP contribution in [0.2, 0.25) is 0 Å². The van der Waals surface area contributed by atoms with Crippen molar-refractivity contribution < 1.29 is 14.3 Å². The number of nitrogens with zero attached hydrogens (tertiary/aromatic N) is 4. The van der Waals surface area contributed by atoms with Crippen molar-refractivity contribution in [2.24, 2.45) is 0 Å². The fraction of sp³-hybridized carbons (Fsp3) is 0.316. The largest absolute Gasteiger partial charge is 0.471 e. The normalized spacial score (nSPS) is 10.8. The highest BCUT2D eigenvalue weighted by atomic mass is 16.5. The standard InChI is InChI=1S/C19H23N5O3/c1-4-26-12-24-11-16(10-20-24)21-19(25)18-5-6-23(22-18)13-27-17-8-14(2)7-15(3)9-17/h5-11H,4,12-13H2,1-3H3,(H,21,25). The highest BCUT2D eigenvalue weighted by molar-refractivity contribution is 6.02. The van der Waals surface area contributed by atoms with E-state index in [4.69, 9.17) is 9.47 Å². The molecule has 1 aromatic carbocycles. The van der Waals surface area contributed by atoms with Crippen LogP contribution in [0.15, 0.2) is 42.9 Å². The van der Waals surface area contributed by atoms with Crippen LogP contribution in [0.5, 0.6) is 5.75 Å². The van der Waals surface area contributed by atoms with Gasteiger partial charge in [0.25, 0.3) is 5.91 Å². The number of hydrogen-bond acceptors (Lipinski definition) is 5. The summed E-state index contributed by atoms with van der Waals surface area (Å²) in [5, 5.41) is 11.1. The Morgan fingerprint density at radius 2 is 1.93 bits per heavy atom. The van der Waals surface area contributed by atoms with Crippen molar-refractivity contribution >= 4 is 11.6 Å². The van der Waals surface area contributed by atoms with Crippen LogP contribution in [0.1, 0.15) is 28.5 Å². The third kappa shape index (κ3) is 5.18. The van der Waals surface area contributed by atoms with E-state index in [9.17, 15) is 4.79 Å². The number of rotatable bonds is 8. The molecule has 0 spiro atoms. The molecule has 2 aromatic heterocycles. The summed E-state index contributed by atoms with van der Waals surface area (Å²) in [4.78, 5) is 12.3. The number of carbonyl (C=O) groups is 1.